The summed E-state index contributed by atoms with van der Waals surface area (Å²) in [5.74, 6) is 0. The van der Waals surface area contributed by atoms with Gasteiger partial charge in [-0.1, -0.05) is 42.5 Å². The molecule has 0 aliphatic carbocycles. The minimum absolute atomic E-state index is 0.105. The molecule has 0 saturated carbocycles. The van der Waals surface area contributed by atoms with Crippen LogP contribution in [0, 0.1) is 10.1 Å². The molecule has 0 unspecified atom stereocenters. The van der Waals surface area contributed by atoms with Crippen molar-refractivity contribution < 1.29 is 4.92 Å². The van der Waals surface area contributed by atoms with Gasteiger partial charge in [0.2, 0.25) is 0 Å². The number of nitrogens with zero attached hydrogens (tertiary/aromatic N) is 2. The van der Waals surface area contributed by atoms with Gasteiger partial charge < -0.3 is 10.6 Å². The third kappa shape index (κ3) is 4.35. The van der Waals surface area contributed by atoms with Crippen LogP contribution in [0.1, 0.15) is 11.1 Å². The molecule has 0 atom stereocenters. The molecule has 0 radical (unpaired) electrons. The number of hydrogen-bond acceptors (Lipinski definition) is 4. The predicted molar refractivity (Wildman–Crippen MR) is 100 cm³/mol. The van der Waals surface area contributed by atoms with Crippen molar-refractivity contribution >= 4 is 17.1 Å². The third-order valence-corrected chi connectivity index (χ3v) is 4.00. The van der Waals surface area contributed by atoms with Crippen LogP contribution in [-0.4, -0.2) is 4.92 Å². The summed E-state index contributed by atoms with van der Waals surface area (Å²) >= 11 is 0. The number of nitrogens with two attached hydrogens (primary N) is 1. The predicted octanol–water partition coefficient (Wildman–Crippen LogP) is 4.38. The lowest BCUT2D eigenvalue weighted by Crippen LogP contribution is -2.22. The van der Waals surface area contributed by atoms with E-state index in [1.807, 2.05) is 42.5 Å². The van der Waals surface area contributed by atoms with Crippen molar-refractivity contribution in [2.45, 2.75) is 13.1 Å². The number of nitrogen functional groups attached to an aromatic ring is 1. The zero-order valence-electron chi connectivity index (χ0n) is 13.7. The fraction of sp³-hybridized carbons (Fsp3) is 0.100. The van der Waals surface area contributed by atoms with Crippen molar-refractivity contribution in [1.82, 2.24) is 0 Å². The molecule has 3 aromatic carbocycles. The Kier molecular flexibility index (Phi) is 4.95. The number of non-ortho nitro benzene ring substituents is 1. The highest BCUT2D eigenvalue weighted by atomic mass is 16.6. The first-order valence-electron chi connectivity index (χ1n) is 7.99. The van der Waals surface area contributed by atoms with Crippen LogP contribution in [-0.2, 0) is 13.1 Å². The zero-order valence-corrected chi connectivity index (χ0v) is 13.7. The molecule has 0 aliphatic heterocycles. The van der Waals surface area contributed by atoms with Crippen molar-refractivity contribution in [3.63, 3.8) is 0 Å². The summed E-state index contributed by atoms with van der Waals surface area (Å²) in [4.78, 5) is 12.7. The monoisotopic (exact) mass is 333 g/mol. The Morgan fingerprint density at radius 3 is 1.84 bits per heavy atom. The topological polar surface area (TPSA) is 72.4 Å². The number of rotatable bonds is 6. The average Bonchev–Trinajstić information content (AvgIpc) is 2.64. The van der Waals surface area contributed by atoms with Gasteiger partial charge in [-0.05, 0) is 35.4 Å². The number of anilines is 2. The third-order valence-electron chi connectivity index (χ3n) is 4.00. The number of benzene rings is 3. The maximum atomic E-state index is 10.8. The van der Waals surface area contributed by atoms with Crippen LogP contribution in [0.4, 0.5) is 17.1 Å². The van der Waals surface area contributed by atoms with E-state index in [0.717, 1.165) is 29.0 Å². The lowest BCUT2D eigenvalue weighted by molar-refractivity contribution is -0.384. The van der Waals surface area contributed by atoms with Crippen LogP contribution in [0.2, 0.25) is 0 Å². The lowest BCUT2D eigenvalue weighted by Gasteiger charge is -2.25. The van der Waals surface area contributed by atoms with E-state index in [1.165, 1.54) is 0 Å². The first kappa shape index (κ1) is 16.5. The summed E-state index contributed by atoms with van der Waals surface area (Å²) < 4.78 is 0. The molecule has 3 aromatic rings. The van der Waals surface area contributed by atoms with Gasteiger partial charge in [0, 0.05) is 36.6 Å². The van der Waals surface area contributed by atoms with Gasteiger partial charge in [-0.15, -0.1) is 0 Å². The van der Waals surface area contributed by atoms with Gasteiger partial charge in [0.25, 0.3) is 5.69 Å². The van der Waals surface area contributed by atoms with Crippen LogP contribution >= 0.6 is 0 Å². The van der Waals surface area contributed by atoms with E-state index >= 15 is 0 Å². The summed E-state index contributed by atoms with van der Waals surface area (Å²) in [7, 11) is 0. The van der Waals surface area contributed by atoms with Gasteiger partial charge in [0.15, 0.2) is 0 Å². The van der Waals surface area contributed by atoms with E-state index < -0.39 is 0 Å². The molecular weight excluding hydrogens is 314 g/mol. The summed E-state index contributed by atoms with van der Waals surface area (Å²) in [6.07, 6.45) is 0. The van der Waals surface area contributed by atoms with Gasteiger partial charge in [0.1, 0.15) is 0 Å². The highest BCUT2D eigenvalue weighted by molar-refractivity contribution is 5.49. The van der Waals surface area contributed by atoms with Crippen LogP contribution in [0.3, 0.4) is 0 Å². The Hall–Kier alpha value is -3.34. The fourth-order valence-electron chi connectivity index (χ4n) is 2.66. The molecule has 5 nitrogen and oxygen atoms in total. The summed E-state index contributed by atoms with van der Waals surface area (Å²) in [5.41, 5.74) is 9.87. The van der Waals surface area contributed by atoms with Crippen LogP contribution in [0.5, 0.6) is 0 Å². The molecule has 0 heterocycles. The highest BCUT2D eigenvalue weighted by Gasteiger charge is 2.10. The summed E-state index contributed by atoms with van der Waals surface area (Å²) in [6.45, 7) is 1.38. The number of nitro benzene ring substituents is 1. The Balaban J connectivity index is 1.83. The lowest BCUT2D eigenvalue weighted by atomic mass is 10.1. The largest absolute Gasteiger partial charge is 0.399 e. The molecule has 0 spiro atoms. The van der Waals surface area contributed by atoms with Crippen molar-refractivity contribution in [3.8, 4) is 0 Å². The second-order valence-corrected chi connectivity index (χ2v) is 5.86. The quantitative estimate of drug-likeness (QED) is 0.413. The van der Waals surface area contributed by atoms with Gasteiger partial charge in [0.05, 0.1) is 4.92 Å². The molecule has 0 amide bonds. The van der Waals surface area contributed by atoms with E-state index in [9.17, 15) is 10.1 Å². The molecule has 0 fully saturated rings. The minimum Gasteiger partial charge on any atom is -0.399 e. The SMILES string of the molecule is Nc1ccc(CN(Cc2ccc([N+](=O)[O-])cc2)c2ccccc2)cc1. The summed E-state index contributed by atoms with van der Waals surface area (Å²) in [5, 5.41) is 10.8. The zero-order chi connectivity index (χ0) is 17.6. The molecule has 126 valence electrons. The van der Waals surface area contributed by atoms with Crippen molar-refractivity contribution in [3.05, 3.63) is 100 Å². The molecule has 0 saturated heterocycles. The van der Waals surface area contributed by atoms with E-state index in [4.69, 9.17) is 5.73 Å². The van der Waals surface area contributed by atoms with Crippen LogP contribution < -0.4 is 10.6 Å². The standard InChI is InChI=1S/C20H19N3O2/c21-18-10-6-16(7-11-18)14-22(19-4-2-1-3-5-19)15-17-8-12-20(13-9-17)23(24)25/h1-13H,14-15,21H2. The summed E-state index contributed by atoms with van der Waals surface area (Å²) in [6, 6.07) is 24.6. The van der Waals surface area contributed by atoms with Gasteiger partial charge >= 0.3 is 0 Å². The number of para-hydroxylation sites is 1. The van der Waals surface area contributed by atoms with Gasteiger partial charge in [-0.25, -0.2) is 0 Å². The maximum absolute atomic E-state index is 10.8. The molecule has 0 aliphatic rings. The van der Waals surface area contributed by atoms with Crippen molar-refractivity contribution in [1.29, 1.82) is 0 Å². The maximum Gasteiger partial charge on any atom is 0.269 e. The molecular formula is C20H19N3O2. The average molecular weight is 333 g/mol. The van der Waals surface area contributed by atoms with Crippen molar-refractivity contribution in [2.75, 3.05) is 10.6 Å². The molecule has 0 bridgehead atoms. The van der Waals surface area contributed by atoms with Crippen LogP contribution in [0.15, 0.2) is 78.9 Å². The smallest absolute Gasteiger partial charge is 0.269 e. The highest BCUT2D eigenvalue weighted by Crippen LogP contribution is 2.21. The number of nitro groups is 1. The van der Waals surface area contributed by atoms with Gasteiger partial charge in [-0.3, -0.25) is 10.1 Å². The molecule has 5 heteroatoms. The van der Waals surface area contributed by atoms with Crippen LogP contribution in [0.25, 0.3) is 0 Å². The van der Waals surface area contributed by atoms with E-state index in [2.05, 4.69) is 17.0 Å². The van der Waals surface area contributed by atoms with E-state index in [0.29, 0.717) is 6.54 Å². The molecule has 25 heavy (non-hydrogen) atoms. The van der Waals surface area contributed by atoms with E-state index in [1.54, 1.807) is 24.3 Å². The molecule has 3 rings (SSSR count). The second-order valence-electron chi connectivity index (χ2n) is 5.86. The Labute approximate surface area is 146 Å². The first-order valence-corrected chi connectivity index (χ1v) is 7.99. The minimum atomic E-state index is -0.382. The Morgan fingerprint density at radius 1 is 0.800 bits per heavy atom. The number of hydrogen-bond donors (Lipinski definition) is 1. The second kappa shape index (κ2) is 7.49. The molecule has 0 aromatic heterocycles. The Morgan fingerprint density at radius 2 is 1.32 bits per heavy atom. The van der Waals surface area contributed by atoms with Crippen molar-refractivity contribution in [2.24, 2.45) is 0 Å². The van der Waals surface area contributed by atoms with E-state index in [-0.39, 0.29) is 10.6 Å². The van der Waals surface area contributed by atoms with Gasteiger partial charge in [-0.2, -0.15) is 0 Å². The Bertz CT molecular complexity index is 831. The first-order chi connectivity index (χ1) is 12.1. The fourth-order valence-corrected chi connectivity index (χ4v) is 2.66. The normalized spacial score (nSPS) is 10.4. The molecule has 2 N–H and O–H groups in total.